The average molecular weight is 474 g/mol. The summed E-state index contributed by atoms with van der Waals surface area (Å²) >= 11 is 0. The Hall–Kier alpha value is -3.80. The number of aliphatic carboxylic acids is 1. The first-order chi connectivity index (χ1) is 16.2. The summed E-state index contributed by atoms with van der Waals surface area (Å²) in [6.07, 6.45) is 0.311. The molecule has 3 unspecified atom stereocenters. The summed E-state index contributed by atoms with van der Waals surface area (Å²) in [5, 5.41) is 25.2. The number of nitrogens with zero attached hydrogens (tertiary/aromatic N) is 2. The molecular formula is C22H26N4O8. The van der Waals surface area contributed by atoms with Gasteiger partial charge in [0.25, 0.3) is 11.8 Å². The lowest BCUT2D eigenvalue weighted by Gasteiger charge is -2.43. The van der Waals surface area contributed by atoms with Gasteiger partial charge in [-0.25, -0.2) is 5.01 Å². The second-order valence-electron chi connectivity index (χ2n) is 8.13. The monoisotopic (exact) mass is 474 g/mol. The minimum Gasteiger partial charge on any atom is -0.481 e. The summed E-state index contributed by atoms with van der Waals surface area (Å²) in [5.74, 6) is -3.61. The number of carbonyl (C=O) groups excluding carboxylic acids is 5. The Morgan fingerprint density at radius 3 is 2.47 bits per heavy atom. The lowest BCUT2D eigenvalue weighted by Crippen LogP contribution is -2.64. The van der Waals surface area contributed by atoms with Crippen molar-refractivity contribution >= 4 is 35.9 Å². The van der Waals surface area contributed by atoms with Crippen LogP contribution in [0, 0.1) is 0 Å². The van der Waals surface area contributed by atoms with Crippen molar-refractivity contribution in [2.75, 3.05) is 6.54 Å². The van der Waals surface area contributed by atoms with E-state index in [0.717, 1.165) is 5.01 Å². The molecule has 4 amide bonds. The van der Waals surface area contributed by atoms with Crippen molar-refractivity contribution < 1.29 is 39.0 Å². The molecule has 34 heavy (non-hydrogen) atoms. The standard InChI is InChI=1S/C22H26N4O8/c27-11-13-3-5-14(6-4-13)20(32)24-16-7-8-18(29)25-9-1-2-17(26(25)22(16)34)21(33)23-15(12-28)10-19(30)31/h3-6,12,15-17,27H,1-2,7-11H2,(H,23,33)(H,24,32)(H,30,31). The fourth-order valence-corrected chi connectivity index (χ4v) is 4.01. The summed E-state index contributed by atoms with van der Waals surface area (Å²) in [6, 6.07) is 2.64. The van der Waals surface area contributed by atoms with Crippen LogP contribution in [0.15, 0.2) is 24.3 Å². The number of amides is 4. The van der Waals surface area contributed by atoms with Crippen LogP contribution >= 0.6 is 0 Å². The lowest BCUT2D eigenvalue weighted by molar-refractivity contribution is -0.176. The Balaban J connectivity index is 1.79. The summed E-state index contributed by atoms with van der Waals surface area (Å²) in [4.78, 5) is 73.7. The van der Waals surface area contributed by atoms with Crippen LogP contribution in [0.3, 0.4) is 0 Å². The predicted molar refractivity (Wildman–Crippen MR) is 115 cm³/mol. The van der Waals surface area contributed by atoms with Crippen LogP contribution in [0.5, 0.6) is 0 Å². The minimum absolute atomic E-state index is 0.0268. The molecule has 0 aromatic heterocycles. The topological polar surface area (TPSA) is 173 Å². The molecule has 1 aromatic carbocycles. The summed E-state index contributed by atoms with van der Waals surface area (Å²) in [6.45, 7) is 0.0284. The number of carbonyl (C=O) groups is 6. The zero-order chi connectivity index (χ0) is 24.8. The van der Waals surface area contributed by atoms with Crippen LogP contribution in [0.2, 0.25) is 0 Å². The molecule has 3 atom stereocenters. The molecule has 4 N–H and O–H groups in total. The molecule has 12 heteroatoms. The van der Waals surface area contributed by atoms with E-state index in [-0.39, 0.29) is 43.9 Å². The Bertz CT molecular complexity index is 980. The number of aldehydes is 1. The first-order valence-electron chi connectivity index (χ1n) is 10.9. The Morgan fingerprint density at radius 2 is 1.85 bits per heavy atom. The van der Waals surface area contributed by atoms with Gasteiger partial charge in [0.05, 0.1) is 19.1 Å². The van der Waals surface area contributed by atoms with Crippen LogP contribution < -0.4 is 10.6 Å². The maximum absolute atomic E-state index is 13.4. The number of hydrogen-bond donors (Lipinski definition) is 4. The summed E-state index contributed by atoms with van der Waals surface area (Å²) < 4.78 is 0. The molecule has 2 saturated heterocycles. The van der Waals surface area contributed by atoms with Crippen LogP contribution in [0.1, 0.15) is 48.0 Å². The Labute approximate surface area is 194 Å². The number of carboxylic acids is 1. The van der Waals surface area contributed by atoms with Crippen molar-refractivity contribution in [3.8, 4) is 0 Å². The first kappa shape index (κ1) is 24.8. The van der Waals surface area contributed by atoms with Gasteiger partial charge in [0.15, 0.2) is 0 Å². The first-order valence-corrected chi connectivity index (χ1v) is 10.9. The molecule has 0 aliphatic carbocycles. The van der Waals surface area contributed by atoms with Crippen molar-refractivity contribution in [3.63, 3.8) is 0 Å². The highest BCUT2D eigenvalue weighted by atomic mass is 16.4. The molecule has 2 aliphatic heterocycles. The van der Waals surface area contributed by atoms with E-state index < -0.39 is 48.2 Å². The molecule has 12 nitrogen and oxygen atoms in total. The Kier molecular flexibility index (Phi) is 7.95. The second-order valence-corrected chi connectivity index (χ2v) is 8.13. The van der Waals surface area contributed by atoms with Gasteiger partial charge >= 0.3 is 5.97 Å². The Morgan fingerprint density at radius 1 is 1.15 bits per heavy atom. The van der Waals surface area contributed by atoms with E-state index >= 15 is 0 Å². The highest BCUT2D eigenvalue weighted by molar-refractivity contribution is 6.00. The number of aliphatic hydroxyl groups is 1. The van der Waals surface area contributed by atoms with Gasteiger partial charge < -0.3 is 25.6 Å². The van der Waals surface area contributed by atoms with Crippen molar-refractivity contribution in [2.45, 2.75) is 56.8 Å². The highest BCUT2D eigenvalue weighted by Gasteiger charge is 2.44. The van der Waals surface area contributed by atoms with Crippen molar-refractivity contribution in [1.82, 2.24) is 20.7 Å². The molecule has 2 fully saturated rings. The molecule has 0 saturated carbocycles. The fourth-order valence-electron chi connectivity index (χ4n) is 4.01. The van der Waals surface area contributed by atoms with Gasteiger partial charge in [0.2, 0.25) is 11.8 Å². The molecule has 0 radical (unpaired) electrons. The molecule has 2 heterocycles. The number of hydrazine groups is 1. The number of carboxylic acid groups (broad SMARTS) is 1. The van der Waals surface area contributed by atoms with Crippen LogP contribution in [-0.2, 0) is 30.6 Å². The van der Waals surface area contributed by atoms with E-state index in [1.807, 2.05) is 0 Å². The van der Waals surface area contributed by atoms with Gasteiger partial charge in [-0.15, -0.1) is 0 Å². The molecule has 0 spiro atoms. The molecule has 182 valence electrons. The smallest absolute Gasteiger partial charge is 0.305 e. The normalized spacial score (nSPS) is 21.2. The van der Waals surface area contributed by atoms with Crippen molar-refractivity contribution in [3.05, 3.63) is 35.4 Å². The third kappa shape index (κ3) is 5.57. The third-order valence-corrected chi connectivity index (χ3v) is 5.75. The van der Waals surface area contributed by atoms with Gasteiger partial charge in [-0.1, -0.05) is 12.1 Å². The summed E-state index contributed by atoms with van der Waals surface area (Å²) in [7, 11) is 0. The van der Waals surface area contributed by atoms with Crippen molar-refractivity contribution in [1.29, 1.82) is 0 Å². The third-order valence-electron chi connectivity index (χ3n) is 5.75. The molecule has 1 aromatic rings. The maximum Gasteiger partial charge on any atom is 0.305 e. The van der Waals surface area contributed by atoms with E-state index in [9.17, 15) is 28.8 Å². The van der Waals surface area contributed by atoms with E-state index in [1.54, 1.807) is 12.1 Å². The van der Waals surface area contributed by atoms with E-state index in [4.69, 9.17) is 10.2 Å². The lowest BCUT2D eigenvalue weighted by atomic mass is 10.0. The van der Waals surface area contributed by atoms with Crippen LogP contribution in [0.4, 0.5) is 0 Å². The SMILES string of the molecule is O=CC(CC(=O)O)NC(=O)C1CCCN2C(=O)CCC(NC(=O)c3ccc(CO)cc3)C(=O)N12. The zero-order valence-electron chi connectivity index (χ0n) is 18.3. The van der Waals surface area contributed by atoms with Gasteiger partial charge in [-0.2, -0.15) is 0 Å². The number of hydrogen-bond acceptors (Lipinski definition) is 7. The molecule has 0 bridgehead atoms. The van der Waals surface area contributed by atoms with Gasteiger partial charge in [-0.05, 0) is 37.0 Å². The fraction of sp³-hybridized carbons (Fsp3) is 0.455. The number of nitrogens with one attached hydrogen (secondary N) is 2. The quantitative estimate of drug-likeness (QED) is 0.346. The second kappa shape index (κ2) is 10.9. The molecule has 3 rings (SSSR count). The van der Waals surface area contributed by atoms with Gasteiger partial charge in [0, 0.05) is 18.5 Å². The highest BCUT2D eigenvalue weighted by Crippen LogP contribution is 2.25. The number of aliphatic hydroxyl groups excluding tert-OH is 1. The number of benzene rings is 1. The van der Waals surface area contributed by atoms with Crippen LogP contribution in [0.25, 0.3) is 0 Å². The average Bonchev–Trinajstić information content (AvgIpc) is 2.95. The van der Waals surface area contributed by atoms with Crippen molar-refractivity contribution in [2.24, 2.45) is 0 Å². The van der Waals surface area contributed by atoms with Crippen LogP contribution in [-0.4, -0.2) is 80.8 Å². The predicted octanol–water partition coefficient (Wildman–Crippen LogP) is -1.04. The summed E-state index contributed by atoms with van der Waals surface area (Å²) in [5.41, 5.74) is 0.870. The van der Waals surface area contributed by atoms with E-state index in [0.29, 0.717) is 18.3 Å². The van der Waals surface area contributed by atoms with E-state index in [2.05, 4.69) is 10.6 Å². The number of rotatable bonds is 8. The molecular weight excluding hydrogens is 448 g/mol. The number of fused-ring (bicyclic) bond motifs is 1. The maximum atomic E-state index is 13.4. The minimum atomic E-state index is -1.28. The zero-order valence-corrected chi connectivity index (χ0v) is 18.3. The van der Waals surface area contributed by atoms with E-state index in [1.165, 1.54) is 17.1 Å². The largest absolute Gasteiger partial charge is 0.481 e. The van der Waals surface area contributed by atoms with Gasteiger partial charge in [-0.3, -0.25) is 29.0 Å². The molecule has 2 aliphatic rings. The van der Waals surface area contributed by atoms with Gasteiger partial charge in [0.1, 0.15) is 18.4 Å².